The van der Waals surface area contributed by atoms with Gasteiger partial charge < -0.3 is 14.7 Å². The third kappa shape index (κ3) is 4.52. The van der Waals surface area contributed by atoms with Crippen LogP contribution in [0, 0.1) is 0 Å². The van der Waals surface area contributed by atoms with E-state index >= 15 is 0 Å². The van der Waals surface area contributed by atoms with Crippen molar-refractivity contribution in [2.75, 3.05) is 7.05 Å². The highest BCUT2D eigenvalue weighted by atomic mass is 16.5. The third-order valence-electron chi connectivity index (χ3n) is 3.67. The first-order valence-electron chi connectivity index (χ1n) is 7.27. The molecule has 2 rings (SSSR count). The lowest BCUT2D eigenvalue weighted by molar-refractivity contribution is 0.141. The maximum absolute atomic E-state index is 10.9. The van der Waals surface area contributed by atoms with Gasteiger partial charge in [0.05, 0.1) is 0 Å². The molecule has 0 heterocycles. The molecule has 2 aromatic rings. The molecule has 4 heteroatoms. The van der Waals surface area contributed by atoms with E-state index in [1.165, 1.54) is 4.90 Å². The number of carbonyl (C=O) groups is 1. The van der Waals surface area contributed by atoms with E-state index in [0.717, 1.165) is 16.9 Å². The summed E-state index contributed by atoms with van der Waals surface area (Å²) in [6.45, 7) is 2.44. The van der Waals surface area contributed by atoms with Gasteiger partial charge in [0, 0.05) is 13.1 Å². The summed E-state index contributed by atoms with van der Waals surface area (Å²) in [5.41, 5.74) is 2.22. The highest BCUT2D eigenvalue weighted by Gasteiger charge is 2.14. The van der Waals surface area contributed by atoms with Crippen LogP contribution < -0.4 is 4.74 Å². The number of hydrogen-bond donors (Lipinski definition) is 1. The quantitative estimate of drug-likeness (QED) is 0.882. The summed E-state index contributed by atoms with van der Waals surface area (Å²) in [5, 5.41) is 8.96. The van der Waals surface area contributed by atoms with Crippen LogP contribution in [-0.4, -0.2) is 29.2 Å². The zero-order chi connectivity index (χ0) is 15.9. The van der Waals surface area contributed by atoms with E-state index in [1.54, 1.807) is 7.05 Å². The molecule has 0 bridgehead atoms. The normalized spacial score (nSPS) is 11.7. The molecule has 1 unspecified atom stereocenters. The monoisotopic (exact) mass is 299 g/mol. The van der Waals surface area contributed by atoms with Crippen molar-refractivity contribution in [1.29, 1.82) is 0 Å². The summed E-state index contributed by atoms with van der Waals surface area (Å²) in [5.74, 6) is 0.812. The van der Waals surface area contributed by atoms with Crippen LogP contribution in [0.5, 0.6) is 5.75 Å². The van der Waals surface area contributed by atoms with E-state index in [9.17, 15) is 4.79 Å². The van der Waals surface area contributed by atoms with Crippen molar-refractivity contribution < 1.29 is 14.6 Å². The number of benzene rings is 2. The van der Waals surface area contributed by atoms with Crippen molar-refractivity contribution in [1.82, 2.24) is 4.90 Å². The lowest BCUT2D eigenvalue weighted by Gasteiger charge is -2.21. The smallest absolute Gasteiger partial charge is 0.407 e. The second-order valence-electron chi connectivity index (χ2n) is 5.36. The summed E-state index contributed by atoms with van der Waals surface area (Å²) in [7, 11) is 1.59. The number of amides is 1. The average molecular weight is 299 g/mol. The number of hydrogen-bond acceptors (Lipinski definition) is 2. The van der Waals surface area contributed by atoms with Crippen LogP contribution >= 0.6 is 0 Å². The molecule has 0 spiro atoms. The number of nitrogens with zero attached hydrogens (tertiary/aromatic N) is 1. The van der Waals surface area contributed by atoms with Crippen molar-refractivity contribution in [2.45, 2.75) is 26.0 Å². The predicted octanol–water partition coefficient (Wildman–Crippen LogP) is 3.81. The summed E-state index contributed by atoms with van der Waals surface area (Å²) in [4.78, 5) is 12.2. The summed E-state index contributed by atoms with van der Waals surface area (Å²) in [6.07, 6.45) is -0.225. The van der Waals surface area contributed by atoms with Crippen molar-refractivity contribution in [3.63, 3.8) is 0 Å². The number of rotatable bonds is 6. The Morgan fingerprint density at radius 1 is 1.09 bits per heavy atom. The topological polar surface area (TPSA) is 49.8 Å². The van der Waals surface area contributed by atoms with Gasteiger partial charge >= 0.3 is 6.09 Å². The van der Waals surface area contributed by atoms with Crippen molar-refractivity contribution in [3.8, 4) is 5.75 Å². The molecule has 4 nitrogen and oxygen atoms in total. The van der Waals surface area contributed by atoms with Crippen molar-refractivity contribution >= 4 is 6.09 Å². The van der Waals surface area contributed by atoms with Crippen molar-refractivity contribution in [3.05, 3.63) is 65.7 Å². The van der Waals surface area contributed by atoms with E-state index in [2.05, 4.69) is 0 Å². The van der Waals surface area contributed by atoms with E-state index < -0.39 is 6.09 Å². The molecule has 2 aromatic carbocycles. The molecule has 0 saturated carbocycles. The standard InChI is InChI=1S/C18H21NO3/c1-14(19(2)18(20)21)12-15-8-10-17(11-9-15)22-13-16-6-4-3-5-7-16/h3-11,14H,12-13H2,1-2H3,(H,20,21). The Morgan fingerprint density at radius 2 is 1.73 bits per heavy atom. The van der Waals surface area contributed by atoms with Crippen molar-refractivity contribution in [2.24, 2.45) is 0 Å². The summed E-state index contributed by atoms with van der Waals surface area (Å²) < 4.78 is 5.73. The molecule has 0 aliphatic carbocycles. The molecular weight excluding hydrogens is 278 g/mol. The van der Waals surface area contributed by atoms with Gasteiger partial charge in [0.1, 0.15) is 12.4 Å². The number of likely N-dealkylation sites (N-methyl/N-ethyl adjacent to an activating group) is 1. The van der Waals surface area contributed by atoms with Crippen LogP contribution in [0.15, 0.2) is 54.6 Å². The Kier molecular flexibility index (Phi) is 5.42. The molecule has 0 fully saturated rings. The zero-order valence-corrected chi connectivity index (χ0v) is 12.9. The molecule has 116 valence electrons. The Morgan fingerprint density at radius 3 is 2.32 bits per heavy atom. The van der Waals surface area contributed by atoms with Gasteiger partial charge in [-0.3, -0.25) is 0 Å². The second-order valence-corrected chi connectivity index (χ2v) is 5.36. The number of carboxylic acid groups (broad SMARTS) is 1. The summed E-state index contributed by atoms with van der Waals surface area (Å²) in [6, 6.07) is 17.7. The first-order valence-corrected chi connectivity index (χ1v) is 7.27. The lowest BCUT2D eigenvalue weighted by atomic mass is 10.1. The van der Waals surface area contributed by atoms with Gasteiger partial charge in [-0.05, 0) is 36.6 Å². The highest BCUT2D eigenvalue weighted by Crippen LogP contribution is 2.16. The fourth-order valence-corrected chi connectivity index (χ4v) is 2.13. The van der Waals surface area contributed by atoms with Crippen LogP contribution in [-0.2, 0) is 13.0 Å². The third-order valence-corrected chi connectivity index (χ3v) is 3.67. The summed E-state index contributed by atoms with van der Waals surface area (Å²) >= 11 is 0. The van der Waals surface area contributed by atoms with E-state index in [1.807, 2.05) is 61.5 Å². The zero-order valence-electron chi connectivity index (χ0n) is 12.9. The van der Waals surface area contributed by atoms with Gasteiger partial charge in [-0.15, -0.1) is 0 Å². The predicted molar refractivity (Wildman–Crippen MR) is 86.2 cm³/mol. The number of ether oxygens (including phenoxy) is 1. The second kappa shape index (κ2) is 7.50. The lowest BCUT2D eigenvalue weighted by Crippen LogP contribution is -2.35. The minimum atomic E-state index is -0.907. The van der Waals surface area contributed by atoms with E-state index in [0.29, 0.717) is 13.0 Å². The van der Waals surface area contributed by atoms with Crippen LogP contribution in [0.2, 0.25) is 0 Å². The fourth-order valence-electron chi connectivity index (χ4n) is 2.13. The first kappa shape index (κ1) is 15.9. The molecule has 0 aliphatic heterocycles. The van der Waals surface area contributed by atoms with Gasteiger partial charge in [-0.25, -0.2) is 4.79 Å². The molecule has 22 heavy (non-hydrogen) atoms. The molecule has 1 N–H and O–H groups in total. The average Bonchev–Trinajstić information content (AvgIpc) is 2.54. The molecule has 0 aliphatic rings. The van der Waals surface area contributed by atoms with Crippen LogP contribution in [0.3, 0.4) is 0 Å². The molecular formula is C18H21NO3. The van der Waals surface area contributed by atoms with Gasteiger partial charge in [0.25, 0.3) is 0 Å². The van der Waals surface area contributed by atoms with Gasteiger partial charge in [0.15, 0.2) is 0 Å². The van der Waals surface area contributed by atoms with Gasteiger partial charge in [0.2, 0.25) is 0 Å². The molecule has 0 radical (unpaired) electrons. The highest BCUT2D eigenvalue weighted by molar-refractivity contribution is 5.64. The van der Waals surface area contributed by atoms with E-state index in [4.69, 9.17) is 9.84 Å². The largest absolute Gasteiger partial charge is 0.489 e. The molecule has 0 saturated heterocycles. The molecule has 1 atom stereocenters. The fraction of sp³-hybridized carbons (Fsp3) is 0.278. The molecule has 1 amide bonds. The minimum absolute atomic E-state index is 0.0615. The van der Waals surface area contributed by atoms with E-state index in [-0.39, 0.29) is 6.04 Å². The Bertz CT molecular complexity index is 595. The van der Waals surface area contributed by atoms with Crippen LogP contribution in [0.4, 0.5) is 4.79 Å². The molecule has 0 aromatic heterocycles. The maximum atomic E-state index is 10.9. The van der Waals surface area contributed by atoms with Crippen LogP contribution in [0.1, 0.15) is 18.1 Å². The SMILES string of the molecule is CC(Cc1ccc(OCc2ccccc2)cc1)N(C)C(=O)O. The first-order chi connectivity index (χ1) is 10.6. The van der Waals surface area contributed by atoms with Gasteiger partial charge in [-0.2, -0.15) is 0 Å². The Labute approximate surface area is 131 Å². The van der Waals surface area contributed by atoms with Gasteiger partial charge in [-0.1, -0.05) is 42.5 Å². The minimum Gasteiger partial charge on any atom is -0.489 e. The van der Waals surface area contributed by atoms with Crippen LogP contribution in [0.25, 0.3) is 0 Å². The maximum Gasteiger partial charge on any atom is 0.407 e. The Hall–Kier alpha value is -2.49. The Balaban J connectivity index is 1.89.